The van der Waals surface area contributed by atoms with Gasteiger partial charge < -0.3 is 0 Å². The highest BCUT2D eigenvalue weighted by Gasteiger charge is 2.15. The summed E-state index contributed by atoms with van der Waals surface area (Å²) in [5.74, 6) is -0.277. The number of nitrogens with zero attached hydrogens (tertiary/aromatic N) is 3. The van der Waals surface area contributed by atoms with E-state index in [9.17, 15) is 4.79 Å². The molecule has 6 heteroatoms. The van der Waals surface area contributed by atoms with Crippen molar-refractivity contribution >= 4 is 29.5 Å². The number of imidazole rings is 1. The normalized spacial score (nSPS) is 11.3. The van der Waals surface area contributed by atoms with Gasteiger partial charge in [-0.2, -0.15) is 5.10 Å². The number of hydrogen-bond acceptors (Lipinski definition) is 4. The highest BCUT2D eigenvalue weighted by molar-refractivity contribution is 7.98. The number of benzene rings is 1. The van der Waals surface area contributed by atoms with Gasteiger partial charge in [0.1, 0.15) is 11.3 Å². The van der Waals surface area contributed by atoms with Crippen LogP contribution in [0.5, 0.6) is 0 Å². The largest absolute Gasteiger partial charge is 0.295 e. The second-order valence-corrected chi connectivity index (χ2v) is 6.33. The Morgan fingerprint density at radius 3 is 2.71 bits per heavy atom. The lowest BCUT2D eigenvalue weighted by Gasteiger charge is -2.02. The van der Waals surface area contributed by atoms with E-state index in [4.69, 9.17) is 0 Å². The van der Waals surface area contributed by atoms with Gasteiger partial charge in [0, 0.05) is 11.1 Å². The van der Waals surface area contributed by atoms with Gasteiger partial charge in [0.15, 0.2) is 0 Å². The van der Waals surface area contributed by atoms with Crippen molar-refractivity contribution in [1.29, 1.82) is 0 Å². The van der Waals surface area contributed by atoms with Gasteiger partial charge >= 0.3 is 0 Å². The van der Waals surface area contributed by atoms with E-state index >= 15 is 0 Å². The highest BCUT2D eigenvalue weighted by atomic mass is 32.2. The number of aryl methyl sites for hydroxylation is 2. The van der Waals surface area contributed by atoms with Gasteiger partial charge in [-0.15, -0.1) is 11.8 Å². The Hall–Kier alpha value is -2.60. The summed E-state index contributed by atoms with van der Waals surface area (Å²) in [7, 11) is 0. The monoisotopic (exact) mass is 338 g/mol. The van der Waals surface area contributed by atoms with E-state index in [-0.39, 0.29) is 5.91 Å². The Labute approximate surface area is 144 Å². The van der Waals surface area contributed by atoms with E-state index in [0.717, 1.165) is 16.8 Å². The van der Waals surface area contributed by atoms with E-state index in [1.807, 2.05) is 62.7 Å². The molecule has 0 aliphatic heterocycles. The maximum atomic E-state index is 12.4. The van der Waals surface area contributed by atoms with Gasteiger partial charge in [-0.05, 0) is 55.5 Å². The van der Waals surface area contributed by atoms with Crippen molar-refractivity contribution in [1.82, 2.24) is 14.8 Å². The number of fused-ring (bicyclic) bond motifs is 1. The van der Waals surface area contributed by atoms with Crippen LogP contribution in [0.1, 0.15) is 27.3 Å². The minimum absolute atomic E-state index is 0.277. The van der Waals surface area contributed by atoms with Crippen LogP contribution in [-0.2, 0) is 0 Å². The molecule has 1 amide bonds. The van der Waals surface area contributed by atoms with Crippen LogP contribution in [0.15, 0.2) is 52.6 Å². The van der Waals surface area contributed by atoms with Crippen LogP contribution in [0.3, 0.4) is 0 Å². The lowest BCUT2D eigenvalue weighted by molar-refractivity contribution is 0.0948. The minimum Gasteiger partial charge on any atom is -0.295 e. The van der Waals surface area contributed by atoms with Crippen molar-refractivity contribution in [3.63, 3.8) is 0 Å². The standard InChI is InChI=1S/C18H18N4OS/c1-12-8-9-22-16(10-12)20-13(2)17(22)18(23)21-19-11-14-4-6-15(24-3)7-5-14/h4-11H,1-3H3,(H,21,23)/b19-11-. The molecule has 0 aliphatic rings. The van der Waals surface area contributed by atoms with Gasteiger partial charge in [0.25, 0.3) is 5.91 Å². The van der Waals surface area contributed by atoms with Crippen LogP contribution in [0, 0.1) is 13.8 Å². The molecule has 0 unspecified atom stereocenters. The molecule has 0 spiro atoms. The fraction of sp³-hybridized carbons (Fsp3) is 0.167. The molecule has 0 fully saturated rings. The van der Waals surface area contributed by atoms with Crippen LogP contribution < -0.4 is 5.43 Å². The Morgan fingerprint density at radius 1 is 1.25 bits per heavy atom. The zero-order chi connectivity index (χ0) is 17.1. The van der Waals surface area contributed by atoms with Crippen LogP contribution in [-0.4, -0.2) is 27.8 Å². The van der Waals surface area contributed by atoms with Gasteiger partial charge in [-0.1, -0.05) is 12.1 Å². The van der Waals surface area contributed by atoms with E-state index in [1.54, 1.807) is 22.4 Å². The van der Waals surface area contributed by atoms with Crippen molar-refractivity contribution < 1.29 is 4.79 Å². The summed E-state index contributed by atoms with van der Waals surface area (Å²) >= 11 is 1.68. The third kappa shape index (κ3) is 3.33. The number of carbonyl (C=O) groups excluding carboxylic acids is 1. The van der Waals surface area contributed by atoms with Gasteiger partial charge in [-0.25, -0.2) is 10.4 Å². The first-order chi connectivity index (χ1) is 11.6. The van der Waals surface area contributed by atoms with Crippen molar-refractivity contribution in [3.05, 3.63) is 65.1 Å². The van der Waals surface area contributed by atoms with E-state index in [2.05, 4.69) is 15.5 Å². The van der Waals surface area contributed by atoms with E-state index in [1.165, 1.54) is 4.90 Å². The van der Waals surface area contributed by atoms with Crippen molar-refractivity contribution in [3.8, 4) is 0 Å². The molecule has 2 aromatic heterocycles. The molecule has 1 N–H and O–H groups in total. The second kappa shape index (κ2) is 6.88. The number of carbonyl (C=O) groups is 1. The van der Waals surface area contributed by atoms with Gasteiger partial charge in [0.2, 0.25) is 0 Å². The molecular weight excluding hydrogens is 320 g/mol. The van der Waals surface area contributed by atoms with Crippen molar-refractivity contribution in [2.75, 3.05) is 6.26 Å². The minimum atomic E-state index is -0.277. The molecule has 5 nitrogen and oxygen atoms in total. The summed E-state index contributed by atoms with van der Waals surface area (Å²) in [6.07, 6.45) is 5.51. The van der Waals surface area contributed by atoms with E-state index in [0.29, 0.717) is 11.4 Å². The number of rotatable bonds is 4. The summed E-state index contributed by atoms with van der Waals surface area (Å²) in [6, 6.07) is 11.9. The maximum Gasteiger partial charge on any atom is 0.290 e. The average molecular weight is 338 g/mol. The number of aromatic nitrogens is 2. The lowest BCUT2D eigenvalue weighted by atomic mass is 10.2. The number of hydrazone groups is 1. The third-order valence-electron chi connectivity index (χ3n) is 3.67. The molecule has 0 bridgehead atoms. The molecule has 0 saturated heterocycles. The van der Waals surface area contributed by atoms with Crippen LogP contribution >= 0.6 is 11.8 Å². The maximum absolute atomic E-state index is 12.4. The molecule has 2 heterocycles. The average Bonchev–Trinajstić information content (AvgIpc) is 2.90. The number of amides is 1. The Bertz CT molecular complexity index is 913. The summed E-state index contributed by atoms with van der Waals surface area (Å²) in [5, 5.41) is 4.05. The number of hydrogen-bond donors (Lipinski definition) is 1. The fourth-order valence-electron chi connectivity index (χ4n) is 2.45. The van der Waals surface area contributed by atoms with Gasteiger partial charge in [0.05, 0.1) is 11.9 Å². The molecule has 3 aromatic rings. The predicted octanol–water partition coefficient (Wildman–Crippen LogP) is 3.44. The molecule has 0 aliphatic carbocycles. The molecule has 3 rings (SSSR count). The third-order valence-corrected chi connectivity index (χ3v) is 4.41. The SMILES string of the molecule is CSc1ccc(/C=N\NC(=O)c2c(C)nc3cc(C)ccn23)cc1. The molecule has 1 aromatic carbocycles. The first-order valence-electron chi connectivity index (χ1n) is 7.51. The summed E-state index contributed by atoms with van der Waals surface area (Å²) in [5.41, 5.74) is 6.54. The van der Waals surface area contributed by atoms with Crippen LogP contribution in [0.2, 0.25) is 0 Å². The number of pyridine rings is 1. The fourth-order valence-corrected chi connectivity index (χ4v) is 2.85. The van der Waals surface area contributed by atoms with Crippen LogP contribution in [0.4, 0.5) is 0 Å². The number of thioether (sulfide) groups is 1. The Morgan fingerprint density at radius 2 is 2.00 bits per heavy atom. The zero-order valence-electron chi connectivity index (χ0n) is 13.8. The Kier molecular flexibility index (Phi) is 4.66. The summed E-state index contributed by atoms with van der Waals surface area (Å²) in [6.45, 7) is 3.82. The lowest BCUT2D eigenvalue weighted by Crippen LogP contribution is -2.20. The molecule has 122 valence electrons. The topological polar surface area (TPSA) is 58.8 Å². The summed E-state index contributed by atoms with van der Waals surface area (Å²) < 4.78 is 1.78. The molecule has 0 atom stereocenters. The van der Waals surface area contributed by atoms with Gasteiger partial charge in [-0.3, -0.25) is 9.20 Å². The molecule has 24 heavy (non-hydrogen) atoms. The first kappa shape index (κ1) is 16.3. The molecule has 0 saturated carbocycles. The molecular formula is C18H18N4OS. The summed E-state index contributed by atoms with van der Waals surface area (Å²) in [4.78, 5) is 18.0. The zero-order valence-corrected chi connectivity index (χ0v) is 14.6. The van der Waals surface area contributed by atoms with Crippen molar-refractivity contribution in [2.24, 2.45) is 5.10 Å². The quantitative estimate of drug-likeness (QED) is 0.450. The van der Waals surface area contributed by atoms with Crippen molar-refractivity contribution in [2.45, 2.75) is 18.7 Å². The van der Waals surface area contributed by atoms with Crippen LogP contribution in [0.25, 0.3) is 5.65 Å². The van der Waals surface area contributed by atoms with E-state index < -0.39 is 0 Å². The highest BCUT2D eigenvalue weighted by Crippen LogP contribution is 2.14. The second-order valence-electron chi connectivity index (χ2n) is 5.45. The smallest absolute Gasteiger partial charge is 0.290 e. The first-order valence-corrected chi connectivity index (χ1v) is 8.74. The Balaban J connectivity index is 1.77. The molecule has 0 radical (unpaired) electrons. The predicted molar refractivity (Wildman–Crippen MR) is 97.9 cm³/mol. The number of nitrogens with one attached hydrogen (secondary N) is 1.